The van der Waals surface area contributed by atoms with Crippen LogP contribution in [0.2, 0.25) is 0 Å². The van der Waals surface area contributed by atoms with Gasteiger partial charge in [-0.2, -0.15) is 13.2 Å². The molecular weight excluding hydrogens is 451 g/mol. The molecule has 0 radical (unpaired) electrons. The first-order valence-electron chi connectivity index (χ1n) is 8.99. The SMILES string of the molecule is COc1cc(-c2nnc(SCC(=O)Nc3cccc(C(F)(F)F)c3)o2)cc(OC)c1OC. The molecule has 8 nitrogen and oxygen atoms in total. The standard InChI is InChI=1S/C20H18F3N3O5S/c1-28-14-7-11(8-15(29-2)17(14)30-3)18-25-26-19(31-18)32-10-16(27)24-13-6-4-5-12(9-13)20(21,22)23/h4-9H,10H2,1-3H3,(H,24,27). The highest BCUT2D eigenvalue weighted by Crippen LogP contribution is 2.41. The van der Waals surface area contributed by atoms with Crippen LogP contribution >= 0.6 is 11.8 Å². The molecule has 0 unspecified atom stereocenters. The number of anilines is 1. The van der Waals surface area contributed by atoms with Crippen molar-refractivity contribution in [1.29, 1.82) is 0 Å². The smallest absolute Gasteiger partial charge is 0.416 e. The highest BCUT2D eigenvalue weighted by Gasteiger charge is 2.30. The predicted molar refractivity (Wildman–Crippen MR) is 110 cm³/mol. The van der Waals surface area contributed by atoms with E-state index in [0.717, 1.165) is 23.9 Å². The van der Waals surface area contributed by atoms with Crippen molar-refractivity contribution in [3.05, 3.63) is 42.0 Å². The molecule has 170 valence electrons. The molecule has 32 heavy (non-hydrogen) atoms. The van der Waals surface area contributed by atoms with Gasteiger partial charge in [0.2, 0.25) is 17.5 Å². The molecule has 1 aromatic heterocycles. The normalized spacial score (nSPS) is 11.2. The average molecular weight is 469 g/mol. The average Bonchev–Trinajstić information content (AvgIpc) is 3.25. The molecule has 3 rings (SSSR count). The molecule has 1 heterocycles. The van der Waals surface area contributed by atoms with Crippen LogP contribution in [0.4, 0.5) is 18.9 Å². The number of alkyl halides is 3. The van der Waals surface area contributed by atoms with E-state index < -0.39 is 17.6 Å². The molecule has 3 aromatic rings. The maximum absolute atomic E-state index is 12.8. The topological polar surface area (TPSA) is 95.7 Å². The molecule has 0 saturated heterocycles. The van der Waals surface area contributed by atoms with Crippen molar-refractivity contribution in [3.8, 4) is 28.7 Å². The number of carbonyl (C=O) groups is 1. The fourth-order valence-corrected chi connectivity index (χ4v) is 3.25. The third-order valence-corrected chi connectivity index (χ3v) is 4.94. The lowest BCUT2D eigenvalue weighted by atomic mass is 10.2. The van der Waals surface area contributed by atoms with Gasteiger partial charge in [-0.15, -0.1) is 10.2 Å². The molecule has 0 atom stereocenters. The van der Waals surface area contributed by atoms with E-state index >= 15 is 0 Å². The van der Waals surface area contributed by atoms with Crippen LogP contribution in [0, 0.1) is 0 Å². The largest absolute Gasteiger partial charge is 0.493 e. The van der Waals surface area contributed by atoms with Crippen molar-refractivity contribution in [1.82, 2.24) is 10.2 Å². The number of nitrogens with one attached hydrogen (secondary N) is 1. The summed E-state index contributed by atoms with van der Waals surface area (Å²) in [5.41, 5.74) is -0.309. The summed E-state index contributed by atoms with van der Waals surface area (Å²) in [6.45, 7) is 0. The minimum absolute atomic E-state index is 0.0362. The van der Waals surface area contributed by atoms with E-state index in [0.29, 0.717) is 22.8 Å². The molecule has 1 N–H and O–H groups in total. The van der Waals surface area contributed by atoms with Gasteiger partial charge in [0.05, 0.1) is 32.6 Å². The number of benzene rings is 2. The molecule has 0 bridgehead atoms. The van der Waals surface area contributed by atoms with Crippen LogP contribution in [0.5, 0.6) is 17.2 Å². The molecule has 0 saturated carbocycles. The second kappa shape index (κ2) is 9.81. The van der Waals surface area contributed by atoms with Crippen LogP contribution in [0.1, 0.15) is 5.56 Å². The Balaban J connectivity index is 1.67. The van der Waals surface area contributed by atoms with Gasteiger partial charge < -0.3 is 23.9 Å². The van der Waals surface area contributed by atoms with Gasteiger partial charge in [0, 0.05) is 11.3 Å². The number of thioether (sulfide) groups is 1. The summed E-state index contributed by atoms with van der Waals surface area (Å²) < 4.78 is 59.8. The van der Waals surface area contributed by atoms with Crippen molar-refractivity contribution in [2.75, 3.05) is 32.4 Å². The number of amides is 1. The van der Waals surface area contributed by atoms with E-state index in [-0.39, 0.29) is 22.6 Å². The van der Waals surface area contributed by atoms with E-state index in [1.165, 1.54) is 33.5 Å². The van der Waals surface area contributed by atoms with Crippen molar-refractivity contribution in [2.24, 2.45) is 0 Å². The first kappa shape index (κ1) is 23.3. The molecule has 0 spiro atoms. The van der Waals surface area contributed by atoms with Gasteiger partial charge in [-0.05, 0) is 30.3 Å². The summed E-state index contributed by atoms with van der Waals surface area (Å²) in [4.78, 5) is 12.1. The lowest BCUT2D eigenvalue weighted by Gasteiger charge is -2.12. The number of nitrogens with zero attached hydrogens (tertiary/aromatic N) is 2. The van der Waals surface area contributed by atoms with E-state index in [4.69, 9.17) is 18.6 Å². The van der Waals surface area contributed by atoms with Crippen molar-refractivity contribution in [2.45, 2.75) is 11.4 Å². The lowest BCUT2D eigenvalue weighted by molar-refractivity contribution is -0.137. The molecule has 1 amide bonds. The van der Waals surface area contributed by atoms with E-state index in [1.54, 1.807) is 12.1 Å². The zero-order chi connectivity index (χ0) is 23.3. The first-order valence-corrected chi connectivity index (χ1v) is 9.97. The number of methoxy groups -OCH3 is 3. The van der Waals surface area contributed by atoms with Crippen LogP contribution in [0.3, 0.4) is 0 Å². The fraction of sp³-hybridized carbons (Fsp3) is 0.250. The minimum atomic E-state index is -4.50. The van der Waals surface area contributed by atoms with Gasteiger partial charge in [-0.25, -0.2) is 0 Å². The summed E-state index contributed by atoms with van der Waals surface area (Å²) in [6.07, 6.45) is -4.50. The Kier molecular flexibility index (Phi) is 7.13. The monoisotopic (exact) mass is 469 g/mol. The first-order chi connectivity index (χ1) is 15.2. The number of carbonyl (C=O) groups excluding carboxylic acids is 1. The van der Waals surface area contributed by atoms with Gasteiger partial charge in [0.1, 0.15) is 0 Å². The lowest BCUT2D eigenvalue weighted by Crippen LogP contribution is -2.15. The van der Waals surface area contributed by atoms with Crippen molar-refractivity contribution in [3.63, 3.8) is 0 Å². The molecule has 0 fully saturated rings. The second-order valence-electron chi connectivity index (χ2n) is 6.20. The van der Waals surface area contributed by atoms with Crippen LogP contribution in [-0.4, -0.2) is 43.2 Å². The molecule has 0 aliphatic rings. The van der Waals surface area contributed by atoms with E-state index in [1.807, 2.05) is 0 Å². The van der Waals surface area contributed by atoms with Gasteiger partial charge >= 0.3 is 6.18 Å². The maximum atomic E-state index is 12.8. The van der Waals surface area contributed by atoms with Crippen LogP contribution in [0.25, 0.3) is 11.5 Å². The predicted octanol–water partition coefficient (Wildman–Crippen LogP) is 4.51. The Morgan fingerprint density at radius 1 is 1.06 bits per heavy atom. The number of halogens is 3. The summed E-state index contributed by atoms with van der Waals surface area (Å²) >= 11 is 0.939. The van der Waals surface area contributed by atoms with E-state index in [2.05, 4.69) is 15.5 Å². The second-order valence-corrected chi connectivity index (χ2v) is 7.13. The zero-order valence-corrected chi connectivity index (χ0v) is 18.0. The fourth-order valence-electron chi connectivity index (χ4n) is 2.69. The third kappa shape index (κ3) is 5.44. The van der Waals surface area contributed by atoms with Crippen molar-refractivity contribution >= 4 is 23.4 Å². The Labute approximate surface area is 185 Å². The number of hydrogen-bond donors (Lipinski definition) is 1. The number of ether oxygens (including phenoxy) is 3. The van der Waals surface area contributed by atoms with Gasteiger partial charge in [-0.3, -0.25) is 4.79 Å². The molecule has 12 heteroatoms. The zero-order valence-electron chi connectivity index (χ0n) is 17.1. The Bertz CT molecular complexity index is 1080. The highest BCUT2D eigenvalue weighted by molar-refractivity contribution is 7.99. The molecule has 0 aliphatic heterocycles. The summed E-state index contributed by atoms with van der Waals surface area (Å²) in [6, 6.07) is 7.62. The number of rotatable bonds is 8. The van der Waals surface area contributed by atoms with Gasteiger partial charge in [0.15, 0.2) is 11.5 Å². The molecular formula is C20H18F3N3O5S. The minimum Gasteiger partial charge on any atom is -0.493 e. The Morgan fingerprint density at radius 2 is 1.75 bits per heavy atom. The van der Waals surface area contributed by atoms with E-state index in [9.17, 15) is 18.0 Å². The Hall–Kier alpha value is -3.41. The maximum Gasteiger partial charge on any atom is 0.416 e. The number of hydrogen-bond acceptors (Lipinski definition) is 8. The molecule has 2 aromatic carbocycles. The van der Waals surface area contributed by atoms with Crippen molar-refractivity contribution < 1.29 is 36.6 Å². The summed E-state index contributed by atoms with van der Waals surface area (Å²) in [7, 11) is 4.42. The van der Waals surface area contributed by atoms with Crippen LogP contribution in [-0.2, 0) is 11.0 Å². The third-order valence-electron chi connectivity index (χ3n) is 4.12. The van der Waals surface area contributed by atoms with Crippen LogP contribution < -0.4 is 19.5 Å². The summed E-state index contributed by atoms with van der Waals surface area (Å²) in [5, 5.41) is 10.3. The quantitative estimate of drug-likeness (QED) is 0.482. The number of aromatic nitrogens is 2. The molecule has 0 aliphatic carbocycles. The highest BCUT2D eigenvalue weighted by atomic mass is 32.2. The van der Waals surface area contributed by atoms with Gasteiger partial charge in [0.25, 0.3) is 5.22 Å². The van der Waals surface area contributed by atoms with Crippen LogP contribution in [0.15, 0.2) is 46.0 Å². The summed E-state index contributed by atoms with van der Waals surface area (Å²) in [5.74, 6) is 0.683. The van der Waals surface area contributed by atoms with Gasteiger partial charge in [-0.1, -0.05) is 17.8 Å². The Morgan fingerprint density at radius 3 is 2.34 bits per heavy atom.